The molecule has 4 heteroatoms. The van der Waals surface area contributed by atoms with E-state index in [0.717, 1.165) is 24.0 Å². The molecule has 24 heavy (non-hydrogen) atoms. The summed E-state index contributed by atoms with van der Waals surface area (Å²) in [4.78, 5) is 26.8. The quantitative estimate of drug-likeness (QED) is 0.609. The molecule has 1 aliphatic heterocycles. The van der Waals surface area contributed by atoms with Crippen molar-refractivity contribution in [3.05, 3.63) is 47.0 Å². The molecule has 1 aromatic carbocycles. The summed E-state index contributed by atoms with van der Waals surface area (Å²) in [5.74, 6) is -0.478. The Morgan fingerprint density at radius 3 is 2.54 bits per heavy atom. The van der Waals surface area contributed by atoms with Gasteiger partial charge in [-0.05, 0) is 38.8 Å². The van der Waals surface area contributed by atoms with Crippen molar-refractivity contribution >= 4 is 11.8 Å². The van der Waals surface area contributed by atoms with E-state index < -0.39 is 6.04 Å². The lowest BCUT2D eigenvalue weighted by Gasteiger charge is -2.29. The SMILES string of the molecule is C=C(C)[C@@H](COC1CCCCC1)N1C(=O)c2ccc(C)cc2C1=O. The second-order valence-corrected chi connectivity index (χ2v) is 6.98. The van der Waals surface area contributed by atoms with E-state index in [1.807, 2.05) is 19.9 Å². The fraction of sp³-hybridized carbons (Fsp3) is 0.500. The maximum atomic E-state index is 12.8. The average molecular weight is 327 g/mol. The van der Waals surface area contributed by atoms with E-state index in [1.54, 1.807) is 12.1 Å². The topological polar surface area (TPSA) is 46.6 Å². The standard InChI is InChI=1S/C20H25NO3/c1-13(2)18(12-24-15-7-5-4-6-8-15)21-19(22)16-10-9-14(3)11-17(16)20(21)23/h9-11,15,18H,1,4-8,12H2,2-3H3/t18-/m1/s1. The van der Waals surface area contributed by atoms with E-state index in [2.05, 4.69) is 6.58 Å². The van der Waals surface area contributed by atoms with Crippen LogP contribution in [0.4, 0.5) is 0 Å². The Balaban J connectivity index is 1.78. The molecule has 1 aromatic rings. The van der Waals surface area contributed by atoms with Crippen molar-refractivity contribution in [2.45, 2.75) is 58.1 Å². The van der Waals surface area contributed by atoms with Gasteiger partial charge in [-0.3, -0.25) is 14.5 Å². The molecule has 1 atom stereocenters. The van der Waals surface area contributed by atoms with Crippen LogP contribution in [0, 0.1) is 6.92 Å². The predicted molar refractivity (Wildman–Crippen MR) is 93.1 cm³/mol. The molecule has 128 valence electrons. The van der Waals surface area contributed by atoms with Gasteiger partial charge in [0.1, 0.15) is 0 Å². The van der Waals surface area contributed by atoms with Gasteiger partial charge in [0, 0.05) is 0 Å². The number of carbonyl (C=O) groups excluding carboxylic acids is 2. The number of fused-ring (bicyclic) bond motifs is 1. The lowest BCUT2D eigenvalue weighted by molar-refractivity contribution is 0.00309. The van der Waals surface area contributed by atoms with Gasteiger partial charge in [0.25, 0.3) is 11.8 Å². The van der Waals surface area contributed by atoms with Crippen LogP contribution in [0.25, 0.3) is 0 Å². The Kier molecular flexibility index (Phi) is 4.86. The summed E-state index contributed by atoms with van der Waals surface area (Å²) in [6.07, 6.45) is 6.00. The molecule has 0 unspecified atom stereocenters. The lowest BCUT2D eigenvalue weighted by Crippen LogP contribution is -2.44. The molecular weight excluding hydrogens is 302 g/mol. The minimum Gasteiger partial charge on any atom is -0.376 e. The molecule has 0 bridgehead atoms. The van der Waals surface area contributed by atoms with Crippen molar-refractivity contribution in [3.63, 3.8) is 0 Å². The smallest absolute Gasteiger partial charge is 0.262 e. The molecule has 4 nitrogen and oxygen atoms in total. The number of ether oxygens (including phenoxy) is 1. The van der Waals surface area contributed by atoms with Gasteiger partial charge in [0.15, 0.2) is 0 Å². The van der Waals surface area contributed by atoms with Crippen molar-refractivity contribution in [1.29, 1.82) is 0 Å². The lowest BCUT2D eigenvalue weighted by atomic mass is 9.97. The van der Waals surface area contributed by atoms with Crippen molar-refractivity contribution in [2.24, 2.45) is 0 Å². The molecule has 1 aliphatic carbocycles. The third-order valence-electron chi connectivity index (χ3n) is 5.00. The van der Waals surface area contributed by atoms with Gasteiger partial charge in [-0.1, -0.05) is 43.0 Å². The van der Waals surface area contributed by atoms with Gasteiger partial charge in [-0.2, -0.15) is 0 Å². The molecule has 0 spiro atoms. The van der Waals surface area contributed by atoms with Crippen LogP contribution in [0.5, 0.6) is 0 Å². The van der Waals surface area contributed by atoms with Crippen LogP contribution < -0.4 is 0 Å². The number of amides is 2. The van der Waals surface area contributed by atoms with E-state index in [4.69, 9.17) is 4.74 Å². The third kappa shape index (κ3) is 3.16. The highest BCUT2D eigenvalue weighted by Crippen LogP contribution is 2.28. The zero-order chi connectivity index (χ0) is 17.3. The number of carbonyl (C=O) groups is 2. The number of benzene rings is 1. The summed E-state index contributed by atoms with van der Waals surface area (Å²) >= 11 is 0. The van der Waals surface area contributed by atoms with Crippen LogP contribution in [-0.4, -0.2) is 35.5 Å². The molecule has 3 rings (SSSR count). The first-order valence-electron chi connectivity index (χ1n) is 8.74. The molecule has 0 radical (unpaired) electrons. The van der Waals surface area contributed by atoms with Crippen LogP contribution in [0.1, 0.15) is 65.3 Å². The number of nitrogens with zero attached hydrogens (tertiary/aromatic N) is 1. The van der Waals surface area contributed by atoms with E-state index in [9.17, 15) is 9.59 Å². The average Bonchev–Trinajstić information content (AvgIpc) is 2.80. The highest BCUT2D eigenvalue weighted by molar-refractivity contribution is 6.21. The second kappa shape index (κ2) is 6.89. The monoisotopic (exact) mass is 327 g/mol. The van der Waals surface area contributed by atoms with Gasteiger partial charge in [0.2, 0.25) is 0 Å². The highest BCUT2D eigenvalue weighted by Gasteiger charge is 2.40. The first-order valence-corrected chi connectivity index (χ1v) is 8.74. The first-order chi connectivity index (χ1) is 11.5. The van der Waals surface area contributed by atoms with Crippen molar-refractivity contribution in [2.75, 3.05) is 6.61 Å². The van der Waals surface area contributed by atoms with Crippen molar-refractivity contribution in [1.82, 2.24) is 4.90 Å². The Hall–Kier alpha value is -1.94. The number of imide groups is 1. The summed E-state index contributed by atoms with van der Waals surface area (Å²) in [6, 6.07) is 4.98. The minimum absolute atomic E-state index is 0.234. The number of hydrogen-bond donors (Lipinski definition) is 0. The number of hydrogen-bond acceptors (Lipinski definition) is 3. The number of rotatable bonds is 5. The Labute approximate surface area is 143 Å². The zero-order valence-corrected chi connectivity index (χ0v) is 14.5. The van der Waals surface area contributed by atoms with Crippen LogP contribution in [0.3, 0.4) is 0 Å². The molecule has 0 saturated heterocycles. The maximum Gasteiger partial charge on any atom is 0.262 e. The highest BCUT2D eigenvalue weighted by atomic mass is 16.5. The Bertz CT molecular complexity index is 673. The van der Waals surface area contributed by atoms with Crippen LogP contribution >= 0.6 is 0 Å². The Morgan fingerprint density at radius 2 is 1.88 bits per heavy atom. The van der Waals surface area contributed by atoms with E-state index >= 15 is 0 Å². The van der Waals surface area contributed by atoms with Gasteiger partial charge in [-0.25, -0.2) is 0 Å². The fourth-order valence-electron chi connectivity index (χ4n) is 3.55. The van der Waals surface area contributed by atoms with Gasteiger partial charge in [0.05, 0.1) is 29.9 Å². The predicted octanol–water partition coefficient (Wildman–Crippen LogP) is 3.89. The van der Waals surface area contributed by atoms with Gasteiger partial charge < -0.3 is 4.74 Å². The minimum atomic E-state index is -0.403. The second-order valence-electron chi connectivity index (χ2n) is 6.98. The summed E-state index contributed by atoms with van der Waals surface area (Å²) in [5.41, 5.74) is 2.72. The van der Waals surface area contributed by atoms with Crippen LogP contribution in [-0.2, 0) is 4.74 Å². The fourth-order valence-corrected chi connectivity index (χ4v) is 3.55. The molecule has 1 fully saturated rings. The molecule has 1 saturated carbocycles. The normalized spacial score (nSPS) is 19.5. The number of aryl methyl sites for hydroxylation is 1. The molecule has 2 aliphatic rings. The van der Waals surface area contributed by atoms with Gasteiger partial charge in [-0.15, -0.1) is 0 Å². The third-order valence-corrected chi connectivity index (χ3v) is 5.00. The van der Waals surface area contributed by atoms with Gasteiger partial charge >= 0.3 is 0 Å². The first kappa shape index (κ1) is 16.9. The zero-order valence-electron chi connectivity index (χ0n) is 14.5. The van der Waals surface area contributed by atoms with Crippen molar-refractivity contribution in [3.8, 4) is 0 Å². The van der Waals surface area contributed by atoms with E-state index in [0.29, 0.717) is 17.7 Å². The largest absolute Gasteiger partial charge is 0.376 e. The molecule has 2 amide bonds. The molecule has 0 N–H and O–H groups in total. The summed E-state index contributed by atoms with van der Waals surface area (Å²) in [5, 5.41) is 0. The van der Waals surface area contributed by atoms with Crippen LogP contribution in [0.2, 0.25) is 0 Å². The molecular formula is C20H25NO3. The molecule has 1 heterocycles. The summed E-state index contributed by atoms with van der Waals surface area (Å²) in [6.45, 7) is 8.10. The summed E-state index contributed by atoms with van der Waals surface area (Å²) in [7, 11) is 0. The van der Waals surface area contributed by atoms with Crippen LogP contribution in [0.15, 0.2) is 30.4 Å². The Morgan fingerprint density at radius 1 is 1.21 bits per heavy atom. The molecule has 0 aromatic heterocycles. The van der Waals surface area contributed by atoms with Crippen molar-refractivity contribution < 1.29 is 14.3 Å². The summed E-state index contributed by atoms with van der Waals surface area (Å²) < 4.78 is 6.03. The maximum absolute atomic E-state index is 12.8. The van der Waals surface area contributed by atoms with E-state index in [-0.39, 0.29) is 17.9 Å². The van der Waals surface area contributed by atoms with E-state index in [1.165, 1.54) is 24.2 Å².